The van der Waals surface area contributed by atoms with Gasteiger partial charge >= 0.3 is 0 Å². The molecule has 1 aliphatic rings. The average molecular weight is 297 g/mol. The van der Waals surface area contributed by atoms with E-state index in [1.54, 1.807) is 11.3 Å². The summed E-state index contributed by atoms with van der Waals surface area (Å²) in [5.74, 6) is 0.0720. The lowest BCUT2D eigenvalue weighted by Gasteiger charge is -2.35. The van der Waals surface area contributed by atoms with Crippen molar-refractivity contribution in [1.82, 2.24) is 25.3 Å². The van der Waals surface area contributed by atoms with Crippen LogP contribution >= 0.6 is 11.3 Å². The number of likely N-dealkylation sites (N-methyl/N-ethyl adjacent to an activating group) is 1. The summed E-state index contributed by atoms with van der Waals surface area (Å²) in [5, 5.41) is 13.0. The molecule has 1 aromatic rings. The Morgan fingerprint density at radius 1 is 1.30 bits per heavy atom. The first-order valence-electron chi connectivity index (χ1n) is 7.11. The second-order valence-electron chi connectivity index (χ2n) is 5.18. The maximum Gasteiger partial charge on any atom is 0.237 e. The fraction of sp³-hybridized carbons (Fsp3) is 0.769. The molecule has 6 nitrogen and oxygen atoms in total. The van der Waals surface area contributed by atoms with Gasteiger partial charge in [-0.2, -0.15) is 0 Å². The third-order valence-corrected chi connectivity index (χ3v) is 4.76. The van der Waals surface area contributed by atoms with Gasteiger partial charge in [0, 0.05) is 26.2 Å². The number of carbonyl (C=O) groups is 1. The highest BCUT2D eigenvalue weighted by Gasteiger charge is 2.24. The average Bonchev–Trinajstić information content (AvgIpc) is 2.93. The molecule has 0 saturated carbocycles. The zero-order valence-corrected chi connectivity index (χ0v) is 13.2. The smallest absolute Gasteiger partial charge is 0.237 e. The fourth-order valence-electron chi connectivity index (χ4n) is 2.19. The fourth-order valence-corrected chi connectivity index (χ4v) is 2.91. The summed E-state index contributed by atoms with van der Waals surface area (Å²) in [4.78, 5) is 16.7. The molecule has 2 heterocycles. The normalized spacial score (nSPS) is 18.9. The van der Waals surface area contributed by atoms with Gasteiger partial charge in [-0.1, -0.05) is 18.3 Å². The molecule has 0 bridgehead atoms. The van der Waals surface area contributed by atoms with E-state index in [4.69, 9.17) is 0 Å². The van der Waals surface area contributed by atoms with E-state index in [-0.39, 0.29) is 11.9 Å². The van der Waals surface area contributed by atoms with Gasteiger partial charge in [-0.05, 0) is 20.4 Å². The number of hydrogen-bond donors (Lipinski definition) is 1. The second kappa shape index (κ2) is 7.10. The topological polar surface area (TPSA) is 61.4 Å². The minimum absolute atomic E-state index is 0.0720. The summed E-state index contributed by atoms with van der Waals surface area (Å²) in [6.07, 6.45) is 0.892. The number of aromatic nitrogens is 2. The zero-order valence-electron chi connectivity index (χ0n) is 12.4. The Balaban J connectivity index is 1.79. The van der Waals surface area contributed by atoms with Gasteiger partial charge in [0.2, 0.25) is 5.91 Å². The maximum absolute atomic E-state index is 12.2. The van der Waals surface area contributed by atoms with Crippen molar-refractivity contribution in [2.75, 3.05) is 33.2 Å². The van der Waals surface area contributed by atoms with Crippen molar-refractivity contribution in [2.45, 2.75) is 32.9 Å². The highest BCUT2D eigenvalue weighted by molar-refractivity contribution is 7.11. The van der Waals surface area contributed by atoms with E-state index < -0.39 is 0 Å². The van der Waals surface area contributed by atoms with Crippen molar-refractivity contribution in [3.63, 3.8) is 0 Å². The molecular formula is C13H23N5OS. The van der Waals surface area contributed by atoms with Crippen molar-refractivity contribution in [2.24, 2.45) is 0 Å². The van der Waals surface area contributed by atoms with Crippen molar-refractivity contribution in [1.29, 1.82) is 0 Å². The van der Waals surface area contributed by atoms with Gasteiger partial charge in [-0.25, -0.2) is 0 Å². The van der Waals surface area contributed by atoms with Crippen LogP contribution in [0.15, 0.2) is 0 Å². The van der Waals surface area contributed by atoms with Crippen LogP contribution in [0.1, 0.15) is 23.9 Å². The molecule has 0 unspecified atom stereocenters. The lowest BCUT2D eigenvalue weighted by atomic mass is 10.2. The maximum atomic E-state index is 12.2. The van der Waals surface area contributed by atoms with E-state index in [1.807, 2.05) is 6.92 Å². The summed E-state index contributed by atoms with van der Waals surface area (Å²) >= 11 is 1.57. The second-order valence-corrected chi connectivity index (χ2v) is 6.32. The molecule has 0 spiro atoms. The lowest BCUT2D eigenvalue weighted by molar-refractivity contribution is -0.126. The third kappa shape index (κ3) is 3.97. The minimum atomic E-state index is -0.0812. The molecule has 0 aromatic carbocycles. The number of nitrogens with zero attached hydrogens (tertiary/aromatic N) is 4. The van der Waals surface area contributed by atoms with E-state index in [2.05, 4.69) is 39.3 Å². The van der Waals surface area contributed by atoms with Crippen LogP contribution in [0.5, 0.6) is 0 Å². The number of amides is 1. The highest BCUT2D eigenvalue weighted by Crippen LogP contribution is 2.10. The van der Waals surface area contributed by atoms with Crippen LogP contribution in [-0.2, 0) is 17.8 Å². The number of rotatable bonds is 5. The molecule has 1 atom stereocenters. The van der Waals surface area contributed by atoms with E-state index >= 15 is 0 Å². The molecule has 1 aromatic heterocycles. The first-order valence-corrected chi connectivity index (χ1v) is 7.93. The van der Waals surface area contributed by atoms with Crippen LogP contribution < -0.4 is 5.32 Å². The Kier molecular flexibility index (Phi) is 5.45. The van der Waals surface area contributed by atoms with E-state index in [0.717, 1.165) is 42.6 Å². The molecule has 7 heteroatoms. The first kappa shape index (κ1) is 15.3. The Morgan fingerprint density at radius 2 is 1.95 bits per heavy atom. The van der Waals surface area contributed by atoms with Crippen LogP contribution in [0.25, 0.3) is 0 Å². The van der Waals surface area contributed by atoms with Gasteiger partial charge in [-0.15, -0.1) is 10.2 Å². The van der Waals surface area contributed by atoms with E-state index in [9.17, 15) is 4.79 Å². The van der Waals surface area contributed by atoms with Crippen molar-refractivity contribution < 1.29 is 4.79 Å². The van der Waals surface area contributed by atoms with Gasteiger partial charge in [-0.3, -0.25) is 9.69 Å². The SMILES string of the molecule is CCc1nnc(CNC(=O)[C@@H](C)N2CCN(C)CC2)s1. The number of nitrogens with one attached hydrogen (secondary N) is 1. The predicted molar refractivity (Wildman–Crippen MR) is 79.7 cm³/mol. The number of carbonyl (C=O) groups excluding carboxylic acids is 1. The molecule has 1 N–H and O–H groups in total. The Hall–Kier alpha value is -1.05. The molecule has 1 fully saturated rings. The van der Waals surface area contributed by atoms with Gasteiger partial charge in [0.15, 0.2) is 0 Å². The van der Waals surface area contributed by atoms with Crippen LogP contribution in [0.4, 0.5) is 0 Å². The van der Waals surface area contributed by atoms with Crippen LogP contribution in [0.2, 0.25) is 0 Å². The Bertz CT molecular complexity index is 442. The number of piperazine rings is 1. The summed E-state index contributed by atoms with van der Waals surface area (Å²) in [7, 11) is 2.11. The zero-order chi connectivity index (χ0) is 14.5. The Morgan fingerprint density at radius 3 is 2.55 bits per heavy atom. The molecule has 112 valence electrons. The summed E-state index contributed by atoms with van der Waals surface area (Å²) < 4.78 is 0. The quantitative estimate of drug-likeness (QED) is 0.850. The molecule has 0 radical (unpaired) electrons. The van der Waals surface area contributed by atoms with E-state index in [0.29, 0.717) is 6.54 Å². The molecule has 2 rings (SSSR count). The van der Waals surface area contributed by atoms with Crippen molar-refractivity contribution in [3.05, 3.63) is 10.0 Å². The number of aryl methyl sites for hydroxylation is 1. The minimum Gasteiger partial charge on any atom is -0.348 e. The van der Waals surface area contributed by atoms with Crippen molar-refractivity contribution >= 4 is 17.2 Å². The summed E-state index contributed by atoms with van der Waals surface area (Å²) in [5.41, 5.74) is 0. The summed E-state index contributed by atoms with van der Waals surface area (Å²) in [6.45, 7) is 8.45. The predicted octanol–water partition coefficient (Wildman–Crippen LogP) is 0.353. The number of hydrogen-bond acceptors (Lipinski definition) is 6. The van der Waals surface area contributed by atoms with Gasteiger partial charge in [0.1, 0.15) is 10.0 Å². The molecule has 20 heavy (non-hydrogen) atoms. The first-order chi connectivity index (χ1) is 9.60. The van der Waals surface area contributed by atoms with Crippen LogP contribution in [0, 0.1) is 0 Å². The molecular weight excluding hydrogens is 274 g/mol. The lowest BCUT2D eigenvalue weighted by Crippen LogP contribution is -2.52. The third-order valence-electron chi connectivity index (χ3n) is 3.69. The summed E-state index contributed by atoms with van der Waals surface area (Å²) in [6, 6.07) is -0.0812. The molecule has 0 aliphatic carbocycles. The molecule has 1 aliphatic heterocycles. The monoisotopic (exact) mass is 297 g/mol. The van der Waals surface area contributed by atoms with Gasteiger partial charge < -0.3 is 10.2 Å². The molecule has 1 saturated heterocycles. The van der Waals surface area contributed by atoms with Crippen LogP contribution in [0.3, 0.4) is 0 Å². The molecule has 1 amide bonds. The highest BCUT2D eigenvalue weighted by atomic mass is 32.1. The van der Waals surface area contributed by atoms with Gasteiger partial charge in [0.25, 0.3) is 0 Å². The van der Waals surface area contributed by atoms with E-state index in [1.165, 1.54) is 0 Å². The van der Waals surface area contributed by atoms with Gasteiger partial charge in [0.05, 0.1) is 12.6 Å². The largest absolute Gasteiger partial charge is 0.348 e. The van der Waals surface area contributed by atoms with Crippen molar-refractivity contribution in [3.8, 4) is 0 Å². The van der Waals surface area contributed by atoms with Crippen LogP contribution in [-0.4, -0.2) is 65.2 Å². The standard InChI is InChI=1S/C13H23N5OS/c1-4-11-15-16-12(20-11)9-14-13(19)10(2)18-7-5-17(3)6-8-18/h10H,4-9H2,1-3H3,(H,14,19)/t10-/m1/s1. The Labute approximate surface area is 124 Å².